The Balaban J connectivity index is 2.13. The summed E-state index contributed by atoms with van der Waals surface area (Å²) in [5.74, 6) is 0. The fourth-order valence-electron chi connectivity index (χ4n) is 4.40. The molecule has 0 aromatic heterocycles. The van der Waals surface area contributed by atoms with Crippen molar-refractivity contribution >= 4 is 11.6 Å². The molecule has 0 nitrogen and oxygen atoms in total. The summed E-state index contributed by atoms with van der Waals surface area (Å²) >= 11 is 6.38. The van der Waals surface area contributed by atoms with Gasteiger partial charge in [-0.1, -0.05) is 94.8 Å². The third-order valence-corrected chi connectivity index (χ3v) is 5.88. The lowest BCUT2D eigenvalue weighted by atomic mass is 9.75. The van der Waals surface area contributed by atoms with Crippen LogP contribution in [0, 0.1) is 0 Å². The fraction of sp³-hybridized carbons (Fsp3) is 0.280. The third-order valence-electron chi connectivity index (χ3n) is 5.65. The van der Waals surface area contributed by atoms with Crippen molar-refractivity contribution in [3.63, 3.8) is 0 Å². The Hall–Kier alpha value is -2.05. The molecule has 26 heavy (non-hydrogen) atoms. The van der Waals surface area contributed by atoms with Crippen molar-refractivity contribution in [2.45, 2.75) is 45.4 Å². The summed E-state index contributed by atoms with van der Waals surface area (Å²) in [5.41, 5.74) is 9.48. The van der Waals surface area contributed by atoms with E-state index in [0.717, 1.165) is 5.02 Å². The lowest BCUT2D eigenvalue weighted by Gasteiger charge is -2.28. The van der Waals surface area contributed by atoms with Gasteiger partial charge in [0.1, 0.15) is 0 Å². The minimum absolute atomic E-state index is 0.0800. The van der Waals surface area contributed by atoms with Crippen LogP contribution in [0.4, 0.5) is 0 Å². The van der Waals surface area contributed by atoms with Crippen molar-refractivity contribution in [1.29, 1.82) is 0 Å². The fourth-order valence-corrected chi connectivity index (χ4v) is 4.57. The Bertz CT molecular complexity index is 989. The van der Waals surface area contributed by atoms with Gasteiger partial charge in [0, 0.05) is 10.4 Å². The van der Waals surface area contributed by atoms with Crippen LogP contribution < -0.4 is 0 Å². The van der Waals surface area contributed by atoms with Crippen LogP contribution in [-0.2, 0) is 10.8 Å². The van der Waals surface area contributed by atoms with Gasteiger partial charge in [-0.05, 0) is 56.5 Å². The summed E-state index contributed by atoms with van der Waals surface area (Å²) < 4.78 is 0. The van der Waals surface area contributed by atoms with Crippen LogP contribution in [0.5, 0.6) is 0 Å². The van der Waals surface area contributed by atoms with Gasteiger partial charge in [-0.25, -0.2) is 0 Å². The van der Waals surface area contributed by atoms with Gasteiger partial charge in [0.15, 0.2) is 0 Å². The Kier molecular flexibility index (Phi) is 3.82. The summed E-state index contributed by atoms with van der Waals surface area (Å²) in [6.07, 6.45) is 0. The zero-order chi connectivity index (χ0) is 18.7. The highest BCUT2D eigenvalue weighted by Crippen LogP contribution is 2.55. The van der Waals surface area contributed by atoms with E-state index in [2.05, 4.69) is 89.2 Å². The van der Waals surface area contributed by atoms with E-state index in [4.69, 9.17) is 11.6 Å². The second-order valence-corrected chi connectivity index (χ2v) is 9.28. The Labute approximate surface area is 161 Å². The standard InChI is InChI=1S/C25H25Cl/c1-24(2,3)20-14-13-18(16-9-7-6-8-10-16)23-22(20)19-12-11-17(26)15-21(19)25(23,4)5/h6-15H,1-5H3. The number of fused-ring (bicyclic) bond motifs is 3. The van der Waals surface area contributed by atoms with Crippen LogP contribution in [0.1, 0.15) is 51.3 Å². The summed E-state index contributed by atoms with van der Waals surface area (Å²) in [4.78, 5) is 0. The van der Waals surface area contributed by atoms with E-state index < -0.39 is 0 Å². The largest absolute Gasteiger partial charge is 0.0843 e. The van der Waals surface area contributed by atoms with Gasteiger partial charge < -0.3 is 0 Å². The van der Waals surface area contributed by atoms with Crippen molar-refractivity contribution in [1.82, 2.24) is 0 Å². The van der Waals surface area contributed by atoms with Gasteiger partial charge in [0.25, 0.3) is 0 Å². The average molecular weight is 361 g/mol. The lowest BCUT2D eigenvalue weighted by molar-refractivity contribution is 0.589. The van der Waals surface area contributed by atoms with E-state index in [0.29, 0.717) is 0 Å². The van der Waals surface area contributed by atoms with Gasteiger partial charge >= 0.3 is 0 Å². The molecule has 0 spiro atoms. The molecule has 0 atom stereocenters. The molecule has 0 heterocycles. The van der Waals surface area contributed by atoms with Gasteiger partial charge in [0.2, 0.25) is 0 Å². The number of benzene rings is 3. The second-order valence-electron chi connectivity index (χ2n) is 8.84. The third kappa shape index (κ3) is 2.51. The summed E-state index contributed by atoms with van der Waals surface area (Å²) in [5, 5.41) is 0.809. The molecule has 0 unspecified atom stereocenters. The van der Waals surface area contributed by atoms with E-state index in [9.17, 15) is 0 Å². The summed E-state index contributed by atoms with van der Waals surface area (Å²) in [6, 6.07) is 21.7. The zero-order valence-corrected chi connectivity index (χ0v) is 16.9. The first-order valence-corrected chi connectivity index (χ1v) is 9.63. The van der Waals surface area contributed by atoms with E-state index in [1.54, 1.807) is 0 Å². The molecule has 1 aliphatic carbocycles. The topological polar surface area (TPSA) is 0 Å². The minimum atomic E-state index is -0.0813. The molecule has 1 heteroatoms. The molecule has 0 fully saturated rings. The first kappa shape index (κ1) is 17.4. The van der Waals surface area contributed by atoms with Crippen molar-refractivity contribution < 1.29 is 0 Å². The number of hydrogen-bond acceptors (Lipinski definition) is 0. The van der Waals surface area contributed by atoms with Crippen LogP contribution >= 0.6 is 11.6 Å². The molecule has 0 aliphatic heterocycles. The molecule has 1 aliphatic rings. The van der Waals surface area contributed by atoms with E-state index in [1.165, 1.54) is 38.9 Å². The maximum atomic E-state index is 6.38. The molecule has 0 amide bonds. The SMILES string of the molecule is CC(C)(C)c1ccc(-c2ccccc2)c2c1-c1ccc(Cl)cc1C2(C)C. The molecule has 0 bridgehead atoms. The van der Waals surface area contributed by atoms with Gasteiger partial charge in [-0.15, -0.1) is 0 Å². The van der Waals surface area contributed by atoms with Crippen molar-refractivity contribution in [2.24, 2.45) is 0 Å². The van der Waals surface area contributed by atoms with Crippen LogP contribution in [0.3, 0.4) is 0 Å². The number of halogens is 1. The lowest BCUT2D eigenvalue weighted by Crippen LogP contribution is -2.18. The average Bonchev–Trinajstić information content (AvgIpc) is 2.82. The zero-order valence-electron chi connectivity index (χ0n) is 16.2. The molecule has 0 saturated carbocycles. The van der Waals surface area contributed by atoms with Gasteiger partial charge in [-0.3, -0.25) is 0 Å². The predicted molar refractivity (Wildman–Crippen MR) is 113 cm³/mol. The highest BCUT2D eigenvalue weighted by Gasteiger charge is 2.40. The predicted octanol–water partition coefficient (Wildman–Crippen LogP) is 7.61. The Morgan fingerprint density at radius 3 is 2.12 bits per heavy atom. The molecular weight excluding hydrogens is 336 g/mol. The molecule has 4 rings (SSSR count). The van der Waals surface area contributed by atoms with Crippen LogP contribution in [0.2, 0.25) is 5.02 Å². The molecule has 132 valence electrons. The van der Waals surface area contributed by atoms with E-state index in [-0.39, 0.29) is 10.8 Å². The van der Waals surface area contributed by atoms with Crippen molar-refractivity contribution in [3.8, 4) is 22.3 Å². The second kappa shape index (κ2) is 5.72. The smallest absolute Gasteiger partial charge is 0.0409 e. The summed E-state index contributed by atoms with van der Waals surface area (Å²) in [6.45, 7) is 11.5. The maximum absolute atomic E-state index is 6.38. The molecule has 3 aromatic rings. The number of hydrogen-bond donors (Lipinski definition) is 0. The molecule has 0 saturated heterocycles. The van der Waals surface area contributed by atoms with Crippen LogP contribution in [-0.4, -0.2) is 0 Å². The maximum Gasteiger partial charge on any atom is 0.0409 e. The molecule has 0 radical (unpaired) electrons. The first-order chi connectivity index (χ1) is 12.2. The van der Waals surface area contributed by atoms with E-state index >= 15 is 0 Å². The van der Waals surface area contributed by atoms with E-state index in [1.807, 2.05) is 6.07 Å². The normalized spacial score (nSPS) is 14.8. The van der Waals surface area contributed by atoms with Gasteiger partial charge in [-0.2, -0.15) is 0 Å². The molecule has 0 N–H and O–H groups in total. The molecular formula is C25H25Cl. The number of rotatable bonds is 1. The van der Waals surface area contributed by atoms with Crippen LogP contribution in [0.15, 0.2) is 60.7 Å². The highest BCUT2D eigenvalue weighted by atomic mass is 35.5. The Morgan fingerprint density at radius 1 is 0.808 bits per heavy atom. The Morgan fingerprint density at radius 2 is 1.46 bits per heavy atom. The van der Waals surface area contributed by atoms with Crippen LogP contribution in [0.25, 0.3) is 22.3 Å². The quantitative estimate of drug-likeness (QED) is 0.418. The van der Waals surface area contributed by atoms with Crippen molar-refractivity contribution in [2.75, 3.05) is 0 Å². The first-order valence-electron chi connectivity index (χ1n) is 9.25. The van der Waals surface area contributed by atoms with Gasteiger partial charge in [0.05, 0.1) is 0 Å². The minimum Gasteiger partial charge on any atom is -0.0843 e. The monoisotopic (exact) mass is 360 g/mol. The summed E-state index contributed by atoms with van der Waals surface area (Å²) in [7, 11) is 0. The highest BCUT2D eigenvalue weighted by molar-refractivity contribution is 6.30. The van der Waals surface area contributed by atoms with Crippen molar-refractivity contribution in [3.05, 3.63) is 82.4 Å². The molecule has 3 aromatic carbocycles.